The average Bonchev–Trinajstić information content (AvgIpc) is 2.37. The lowest BCUT2D eigenvalue weighted by atomic mass is 10.0. The molecule has 0 spiro atoms. The molecular weight excluding hydrogens is 252 g/mol. The second-order valence-corrected chi connectivity index (χ2v) is 5.65. The van der Waals surface area contributed by atoms with Gasteiger partial charge in [0, 0.05) is 25.6 Å². The van der Waals surface area contributed by atoms with Crippen molar-refractivity contribution in [2.24, 2.45) is 5.92 Å². The van der Waals surface area contributed by atoms with Crippen molar-refractivity contribution >= 4 is 5.91 Å². The third-order valence-corrected chi connectivity index (χ3v) is 3.60. The Labute approximate surface area is 120 Å². The van der Waals surface area contributed by atoms with Crippen LogP contribution in [0.15, 0.2) is 24.3 Å². The smallest absolute Gasteiger partial charge is 0.223 e. The highest BCUT2D eigenvalue weighted by atomic mass is 16.5. The lowest BCUT2D eigenvalue weighted by molar-refractivity contribution is -0.121. The summed E-state index contributed by atoms with van der Waals surface area (Å²) in [5.74, 6) is 2.01. The SMILES string of the molecule is CC(C)c1ccc(OCCC(=O)NCC2CNC2)cc1. The van der Waals surface area contributed by atoms with Crippen molar-refractivity contribution in [3.8, 4) is 5.75 Å². The van der Waals surface area contributed by atoms with Crippen LogP contribution in [0.4, 0.5) is 0 Å². The summed E-state index contributed by atoms with van der Waals surface area (Å²) in [7, 11) is 0. The van der Waals surface area contributed by atoms with E-state index in [0.717, 1.165) is 25.4 Å². The topological polar surface area (TPSA) is 50.4 Å². The molecule has 4 nitrogen and oxygen atoms in total. The summed E-state index contributed by atoms with van der Waals surface area (Å²) < 4.78 is 5.59. The summed E-state index contributed by atoms with van der Waals surface area (Å²) in [5.41, 5.74) is 1.30. The predicted octanol–water partition coefficient (Wildman–Crippen LogP) is 1.91. The monoisotopic (exact) mass is 276 g/mol. The maximum Gasteiger partial charge on any atom is 0.223 e. The maximum absolute atomic E-state index is 11.6. The van der Waals surface area contributed by atoms with E-state index in [1.807, 2.05) is 12.1 Å². The molecule has 1 aliphatic rings. The molecule has 0 atom stereocenters. The Morgan fingerprint density at radius 2 is 2.05 bits per heavy atom. The first-order valence-electron chi connectivity index (χ1n) is 7.35. The van der Waals surface area contributed by atoms with Gasteiger partial charge in [0.1, 0.15) is 5.75 Å². The summed E-state index contributed by atoms with van der Waals surface area (Å²) in [4.78, 5) is 11.6. The molecule has 0 unspecified atom stereocenters. The lowest BCUT2D eigenvalue weighted by Gasteiger charge is -2.27. The van der Waals surface area contributed by atoms with Crippen LogP contribution >= 0.6 is 0 Å². The summed E-state index contributed by atoms with van der Waals surface area (Å²) in [6.45, 7) is 7.55. The standard InChI is InChI=1S/C16H24N2O2/c1-12(2)14-3-5-15(6-4-14)20-8-7-16(19)18-11-13-9-17-10-13/h3-6,12-13,17H,7-11H2,1-2H3,(H,18,19). The van der Waals surface area contributed by atoms with E-state index in [9.17, 15) is 4.79 Å². The molecule has 0 saturated carbocycles. The molecule has 1 aliphatic heterocycles. The second-order valence-electron chi connectivity index (χ2n) is 5.65. The quantitative estimate of drug-likeness (QED) is 0.800. The van der Waals surface area contributed by atoms with E-state index in [0.29, 0.717) is 24.9 Å². The molecule has 20 heavy (non-hydrogen) atoms. The van der Waals surface area contributed by atoms with Gasteiger partial charge in [-0.15, -0.1) is 0 Å². The molecule has 1 saturated heterocycles. The fourth-order valence-corrected chi connectivity index (χ4v) is 2.05. The highest BCUT2D eigenvalue weighted by molar-refractivity contribution is 5.76. The molecule has 1 amide bonds. The van der Waals surface area contributed by atoms with E-state index in [-0.39, 0.29) is 5.91 Å². The minimum atomic E-state index is 0.0655. The Hall–Kier alpha value is -1.55. The van der Waals surface area contributed by atoms with E-state index >= 15 is 0 Å². The largest absolute Gasteiger partial charge is 0.493 e. The fourth-order valence-electron chi connectivity index (χ4n) is 2.05. The van der Waals surface area contributed by atoms with Gasteiger partial charge in [0.2, 0.25) is 5.91 Å². The zero-order valence-corrected chi connectivity index (χ0v) is 12.3. The van der Waals surface area contributed by atoms with Crippen molar-refractivity contribution in [3.05, 3.63) is 29.8 Å². The van der Waals surface area contributed by atoms with Gasteiger partial charge in [0.15, 0.2) is 0 Å². The number of nitrogens with one attached hydrogen (secondary N) is 2. The van der Waals surface area contributed by atoms with Crippen molar-refractivity contribution in [2.75, 3.05) is 26.2 Å². The van der Waals surface area contributed by atoms with Crippen molar-refractivity contribution < 1.29 is 9.53 Å². The summed E-state index contributed by atoms with van der Waals surface area (Å²) in [5, 5.41) is 6.12. The number of hydrogen-bond donors (Lipinski definition) is 2. The first kappa shape index (κ1) is 14.9. The number of amides is 1. The van der Waals surface area contributed by atoms with Crippen LogP contribution < -0.4 is 15.4 Å². The minimum Gasteiger partial charge on any atom is -0.493 e. The molecule has 0 bridgehead atoms. The van der Waals surface area contributed by atoms with Crippen LogP contribution in [0.3, 0.4) is 0 Å². The van der Waals surface area contributed by atoms with E-state index in [1.165, 1.54) is 5.56 Å². The molecule has 0 radical (unpaired) electrons. The van der Waals surface area contributed by atoms with Gasteiger partial charge in [-0.05, 0) is 23.6 Å². The zero-order valence-electron chi connectivity index (χ0n) is 12.3. The Balaban J connectivity index is 1.63. The third kappa shape index (κ3) is 4.53. The van der Waals surface area contributed by atoms with Crippen LogP contribution in [-0.4, -0.2) is 32.1 Å². The van der Waals surface area contributed by atoms with Crippen molar-refractivity contribution in [2.45, 2.75) is 26.2 Å². The van der Waals surface area contributed by atoms with Crippen LogP contribution in [-0.2, 0) is 4.79 Å². The van der Waals surface area contributed by atoms with Gasteiger partial charge in [-0.3, -0.25) is 4.79 Å². The van der Waals surface area contributed by atoms with Crippen LogP contribution in [0.25, 0.3) is 0 Å². The van der Waals surface area contributed by atoms with E-state index in [2.05, 4.69) is 36.6 Å². The van der Waals surface area contributed by atoms with Crippen LogP contribution in [0, 0.1) is 5.92 Å². The predicted molar refractivity (Wildman–Crippen MR) is 80.0 cm³/mol. The van der Waals surface area contributed by atoms with Gasteiger partial charge in [0.05, 0.1) is 13.0 Å². The van der Waals surface area contributed by atoms with Crippen LogP contribution in [0.5, 0.6) is 5.75 Å². The van der Waals surface area contributed by atoms with Crippen molar-refractivity contribution in [1.82, 2.24) is 10.6 Å². The number of carbonyl (C=O) groups excluding carboxylic acids is 1. The van der Waals surface area contributed by atoms with Gasteiger partial charge in [-0.1, -0.05) is 26.0 Å². The maximum atomic E-state index is 11.6. The number of ether oxygens (including phenoxy) is 1. The highest BCUT2D eigenvalue weighted by Crippen LogP contribution is 2.18. The Morgan fingerprint density at radius 3 is 2.60 bits per heavy atom. The zero-order chi connectivity index (χ0) is 14.4. The van der Waals surface area contributed by atoms with Gasteiger partial charge >= 0.3 is 0 Å². The molecule has 110 valence electrons. The normalized spacial score (nSPS) is 14.9. The molecule has 1 aromatic rings. The minimum absolute atomic E-state index is 0.0655. The summed E-state index contributed by atoms with van der Waals surface area (Å²) in [6.07, 6.45) is 0.409. The van der Waals surface area contributed by atoms with E-state index in [1.54, 1.807) is 0 Å². The van der Waals surface area contributed by atoms with Gasteiger partial charge < -0.3 is 15.4 Å². The molecule has 1 aromatic carbocycles. The average molecular weight is 276 g/mol. The number of benzene rings is 1. The van der Waals surface area contributed by atoms with Crippen LogP contribution in [0.2, 0.25) is 0 Å². The number of rotatable bonds is 7. The molecule has 0 aliphatic carbocycles. The summed E-state index contributed by atoms with van der Waals surface area (Å²) in [6, 6.07) is 8.08. The van der Waals surface area contributed by atoms with Crippen molar-refractivity contribution in [1.29, 1.82) is 0 Å². The van der Waals surface area contributed by atoms with E-state index < -0.39 is 0 Å². The third-order valence-electron chi connectivity index (χ3n) is 3.60. The highest BCUT2D eigenvalue weighted by Gasteiger charge is 2.16. The van der Waals surface area contributed by atoms with Gasteiger partial charge in [-0.25, -0.2) is 0 Å². The van der Waals surface area contributed by atoms with Crippen molar-refractivity contribution in [3.63, 3.8) is 0 Å². The molecule has 2 N–H and O–H groups in total. The fraction of sp³-hybridized carbons (Fsp3) is 0.562. The number of hydrogen-bond acceptors (Lipinski definition) is 3. The molecular formula is C16H24N2O2. The first-order chi connectivity index (χ1) is 9.65. The van der Waals surface area contributed by atoms with Crippen LogP contribution in [0.1, 0.15) is 31.7 Å². The number of carbonyl (C=O) groups is 1. The van der Waals surface area contributed by atoms with Gasteiger partial charge in [-0.2, -0.15) is 0 Å². The first-order valence-corrected chi connectivity index (χ1v) is 7.35. The molecule has 1 heterocycles. The molecule has 4 heteroatoms. The molecule has 1 fully saturated rings. The molecule has 2 rings (SSSR count). The Bertz CT molecular complexity index is 425. The van der Waals surface area contributed by atoms with Gasteiger partial charge in [0.25, 0.3) is 0 Å². The van der Waals surface area contributed by atoms with E-state index in [4.69, 9.17) is 4.74 Å². The second kappa shape index (κ2) is 7.29. The summed E-state index contributed by atoms with van der Waals surface area (Å²) >= 11 is 0. The molecule has 0 aromatic heterocycles. The Morgan fingerprint density at radius 1 is 1.35 bits per heavy atom. The Kier molecular flexibility index (Phi) is 5.41. The lowest BCUT2D eigenvalue weighted by Crippen LogP contribution is -2.48.